The molecule has 1 saturated heterocycles. The highest BCUT2D eigenvalue weighted by atomic mass is 79.9. The Bertz CT molecular complexity index is 1050. The second kappa shape index (κ2) is 7.46. The molecule has 1 aromatic heterocycles. The Balaban J connectivity index is 1.90. The summed E-state index contributed by atoms with van der Waals surface area (Å²) in [5.41, 5.74) is -2.66. The second-order valence-corrected chi connectivity index (χ2v) is 7.53. The molecule has 31 heavy (non-hydrogen) atoms. The number of ether oxygens (including phenoxy) is 3. The zero-order valence-corrected chi connectivity index (χ0v) is 16.8. The molecule has 13 heteroatoms. The maximum atomic E-state index is 14.6. The highest BCUT2D eigenvalue weighted by Crippen LogP contribution is 2.50. The van der Waals surface area contributed by atoms with Crippen molar-refractivity contribution in [3.8, 4) is 11.5 Å². The van der Waals surface area contributed by atoms with Gasteiger partial charge in [-0.25, -0.2) is 19.1 Å². The van der Waals surface area contributed by atoms with Crippen molar-refractivity contribution in [2.45, 2.75) is 24.7 Å². The topological polar surface area (TPSA) is 60.9 Å². The number of carbonyl (C=O) groups is 1. The van der Waals surface area contributed by atoms with Crippen molar-refractivity contribution in [3.63, 3.8) is 0 Å². The van der Waals surface area contributed by atoms with E-state index in [1.807, 2.05) is 0 Å². The van der Waals surface area contributed by atoms with Crippen molar-refractivity contribution in [1.82, 2.24) is 4.98 Å². The zero-order valence-electron chi connectivity index (χ0n) is 15.2. The van der Waals surface area contributed by atoms with Crippen LogP contribution in [0.1, 0.15) is 17.5 Å². The number of amides is 1. The lowest BCUT2D eigenvalue weighted by Crippen LogP contribution is -2.48. The number of nitrogens with zero attached hydrogens (tertiary/aromatic N) is 2. The maximum Gasteiger partial charge on any atom is 0.418 e. The Morgan fingerprint density at radius 2 is 2.00 bits per heavy atom. The van der Waals surface area contributed by atoms with E-state index in [1.54, 1.807) is 0 Å². The fourth-order valence-electron chi connectivity index (χ4n) is 3.60. The Kier molecular flexibility index (Phi) is 5.18. The van der Waals surface area contributed by atoms with Crippen molar-refractivity contribution >= 4 is 27.8 Å². The van der Waals surface area contributed by atoms with Crippen LogP contribution in [0.4, 0.5) is 37.0 Å². The Hall–Kier alpha value is -2.70. The summed E-state index contributed by atoms with van der Waals surface area (Å²) in [6.07, 6.45) is -5.54. The second-order valence-electron chi connectivity index (χ2n) is 6.68. The summed E-state index contributed by atoms with van der Waals surface area (Å²) in [7, 11) is 0. The number of halogens is 7. The molecule has 0 saturated carbocycles. The SMILES string of the molecule is O=C1OC[C@@]2(CCOc3c2ccc(Br)c3F)N1c1ncc(C(F)(F)F)cc1OC(F)F. The monoisotopic (exact) mass is 512 g/mol. The number of hydrogen-bond donors (Lipinski definition) is 0. The average Bonchev–Trinajstić information content (AvgIpc) is 3.00. The number of anilines is 1. The molecular weight excluding hydrogens is 502 g/mol. The molecule has 2 aliphatic heterocycles. The zero-order chi connectivity index (χ0) is 22.6. The Morgan fingerprint density at radius 1 is 1.26 bits per heavy atom. The minimum absolute atomic E-state index is 0.0314. The Labute approximate surface area is 178 Å². The summed E-state index contributed by atoms with van der Waals surface area (Å²) in [6.45, 7) is -3.91. The normalized spacial score (nSPS) is 20.6. The summed E-state index contributed by atoms with van der Waals surface area (Å²) in [5, 5.41) is 0. The van der Waals surface area contributed by atoms with E-state index in [9.17, 15) is 31.1 Å². The molecule has 6 nitrogen and oxygen atoms in total. The molecule has 1 atom stereocenters. The van der Waals surface area contributed by atoms with Gasteiger partial charge >= 0.3 is 18.9 Å². The molecule has 3 heterocycles. The van der Waals surface area contributed by atoms with E-state index in [0.717, 1.165) is 4.90 Å². The van der Waals surface area contributed by atoms with Crippen LogP contribution in [0.2, 0.25) is 0 Å². The van der Waals surface area contributed by atoms with Gasteiger partial charge in [-0.3, -0.25) is 0 Å². The molecule has 0 N–H and O–H groups in total. The summed E-state index contributed by atoms with van der Waals surface area (Å²) in [5.74, 6) is -2.56. The molecule has 0 bridgehead atoms. The van der Waals surface area contributed by atoms with Crippen LogP contribution >= 0.6 is 15.9 Å². The number of fused-ring (bicyclic) bond motifs is 2. The number of rotatable bonds is 3. The minimum atomic E-state index is -4.89. The van der Waals surface area contributed by atoms with E-state index < -0.39 is 47.4 Å². The largest absolute Gasteiger partial charge is 0.490 e. The minimum Gasteiger partial charge on any atom is -0.490 e. The van der Waals surface area contributed by atoms with Gasteiger partial charge in [0.05, 0.1) is 16.6 Å². The summed E-state index contributed by atoms with van der Waals surface area (Å²) < 4.78 is 94.5. The number of cyclic esters (lactones) is 1. The number of benzene rings is 1. The van der Waals surface area contributed by atoms with Gasteiger partial charge in [0.2, 0.25) is 0 Å². The molecule has 0 aliphatic carbocycles. The van der Waals surface area contributed by atoms with Crippen molar-refractivity contribution in [2.75, 3.05) is 18.1 Å². The van der Waals surface area contributed by atoms with Gasteiger partial charge in [0.1, 0.15) is 12.1 Å². The van der Waals surface area contributed by atoms with Gasteiger partial charge in [0, 0.05) is 18.2 Å². The smallest absolute Gasteiger partial charge is 0.418 e. The van der Waals surface area contributed by atoms with Crippen LogP contribution in [-0.2, 0) is 16.5 Å². The van der Waals surface area contributed by atoms with E-state index in [1.165, 1.54) is 12.1 Å². The van der Waals surface area contributed by atoms with Crippen LogP contribution < -0.4 is 14.4 Å². The highest BCUT2D eigenvalue weighted by molar-refractivity contribution is 9.10. The van der Waals surface area contributed by atoms with Gasteiger partial charge in [-0.1, -0.05) is 6.07 Å². The standard InChI is InChI=1S/C18H11BrF6N2O4/c19-10-2-1-9-13(12(10)20)29-4-3-17(9)7-30-16(28)27(17)14-11(31-15(21)22)5-8(6-26-14)18(23,24)25/h1-2,5-6,15H,3-4,7H2/t17-/m1/s1. The number of pyridine rings is 1. The van der Waals surface area contributed by atoms with Crippen LogP contribution in [-0.4, -0.2) is 30.9 Å². The van der Waals surface area contributed by atoms with E-state index in [-0.39, 0.29) is 35.4 Å². The third-order valence-corrected chi connectivity index (χ3v) is 5.56. The molecule has 2 aliphatic rings. The van der Waals surface area contributed by atoms with E-state index >= 15 is 0 Å². The lowest BCUT2D eigenvalue weighted by molar-refractivity contribution is -0.138. The van der Waals surface area contributed by atoms with Crippen LogP contribution in [0.25, 0.3) is 0 Å². The summed E-state index contributed by atoms with van der Waals surface area (Å²) in [6, 6.07) is 3.10. The summed E-state index contributed by atoms with van der Waals surface area (Å²) >= 11 is 3.02. The van der Waals surface area contributed by atoms with Gasteiger partial charge in [0.15, 0.2) is 23.1 Å². The van der Waals surface area contributed by atoms with Gasteiger partial charge < -0.3 is 14.2 Å². The number of hydrogen-bond acceptors (Lipinski definition) is 5. The fourth-order valence-corrected chi connectivity index (χ4v) is 3.91. The lowest BCUT2D eigenvalue weighted by Gasteiger charge is -2.39. The third-order valence-electron chi connectivity index (χ3n) is 4.95. The van der Waals surface area contributed by atoms with Crippen molar-refractivity contribution in [1.29, 1.82) is 0 Å². The predicted octanol–water partition coefficient (Wildman–Crippen LogP) is 5.24. The first kappa shape index (κ1) is 21.5. The maximum absolute atomic E-state index is 14.6. The van der Waals surface area contributed by atoms with Crippen LogP contribution in [0, 0.1) is 5.82 Å². The first-order chi connectivity index (χ1) is 14.5. The molecular formula is C18H11BrF6N2O4. The van der Waals surface area contributed by atoms with Crippen LogP contribution in [0.15, 0.2) is 28.9 Å². The van der Waals surface area contributed by atoms with E-state index in [0.29, 0.717) is 12.3 Å². The molecule has 166 valence electrons. The van der Waals surface area contributed by atoms with Gasteiger partial charge in [-0.15, -0.1) is 0 Å². The molecule has 0 radical (unpaired) electrons. The van der Waals surface area contributed by atoms with E-state index in [4.69, 9.17) is 9.47 Å². The molecule has 1 amide bonds. The number of alkyl halides is 5. The lowest BCUT2D eigenvalue weighted by atomic mass is 9.84. The van der Waals surface area contributed by atoms with E-state index in [2.05, 4.69) is 25.7 Å². The molecule has 4 rings (SSSR count). The van der Waals surface area contributed by atoms with Crippen LogP contribution in [0.3, 0.4) is 0 Å². The first-order valence-corrected chi connectivity index (χ1v) is 9.44. The first-order valence-electron chi connectivity index (χ1n) is 8.65. The summed E-state index contributed by atoms with van der Waals surface area (Å²) in [4.78, 5) is 17.0. The Morgan fingerprint density at radius 3 is 2.68 bits per heavy atom. The molecule has 2 aromatic rings. The van der Waals surface area contributed by atoms with Crippen molar-refractivity contribution < 1.29 is 45.3 Å². The molecule has 0 unspecified atom stereocenters. The van der Waals surface area contributed by atoms with Gasteiger partial charge in [0.25, 0.3) is 0 Å². The van der Waals surface area contributed by atoms with Crippen LogP contribution in [0.5, 0.6) is 11.5 Å². The van der Waals surface area contributed by atoms with Gasteiger partial charge in [-0.2, -0.15) is 22.0 Å². The van der Waals surface area contributed by atoms with Crippen molar-refractivity contribution in [3.05, 3.63) is 45.8 Å². The fraction of sp³-hybridized carbons (Fsp3) is 0.333. The molecule has 1 spiro atoms. The predicted molar refractivity (Wildman–Crippen MR) is 95.6 cm³/mol. The molecule has 1 aromatic carbocycles. The third kappa shape index (κ3) is 3.54. The quantitative estimate of drug-likeness (QED) is 0.526. The number of aromatic nitrogens is 1. The van der Waals surface area contributed by atoms with Gasteiger partial charge in [-0.05, 0) is 28.1 Å². The number of carbonyl (C=O) groups excluding carboxylic acids is 1. The van der Waals surface area contributed by atoms with Crippen molar-refractivity contribution in [2.24, 2.45) is 0 Å². The average molecular weight is 513 g/mol. The highest BCUT2D eigenvalue weighted by Gasteiger charge is 2.55. The molecule has 1 fully saturated rings.